The lowest BCUT2D eigenvalue weighted by Crippen LogP contribution is -2.49. The van der Waals surface area contributed by atoms with Crippen LogP contribution in [-0.2, 0) is 18.3 Å². The first-order chi connectivity index (χ1) is 9.87. The van der Waals surface area contributed by atoms with Gasteiger partial charge >= 0.3 is 5.97 Å². The van der Waals surface area contributed by atoms with Crippen molar-refractivity contribution in [2.24, 2.45) is 12.8 Å². The molecule has 0 spiro atoms. The van der Waals surface area contributed by atoms with Gasteiger partial charge in [0.1, 0.15) is 11.4 Å². The Morgan fingerprint density at radius 2 is 2.19 bits per heavy atom. The smallest absolute Gasteiger partial charge is 0.324 e. The van der Waals surface area contributed by atoms with Crippen LogP contribution >= 0.6 is 0 Å². The van der Waals surface area contributed by atoms with Crippen molar-refractivity contribution < 1.29 is 9.90 Å². The standard InChI is InChI=1S/C16H23N3O2/c1-4-5-8-16(17,15(20)21)10-12-6-7-14-13(9-12)18-11(2)19(14)3/h6-7,9H,4-5,8,10,17H2,1-3H3,(H,20,21). The minimum atomic E-state index is -1.20. The minimum Gasteiger partial charge on any atom is -0.480 e. The van der Waals surface area contributed by atoms with Gasteiger partial charge in [-0.25, -0.2) is 4.98 Å². The SMILES string of the molecule is CCCCC(N)(Cc1ccc2c(c1)nc(C)n2C)C(=O)O. The fourth-order valence-corrected chi connectivity index (χ4v) is 2.60. The summed E-state index contributed by atoms with van der Waals surface area (Å²) in [5.74, 6) is -0.00127. The van der Waals surface area contributed by atoms with Gasteiger partial charge in [-0.3, -0.25) is 4.79 Å². The maximum absolute atomic E-state index is 11.5. The number of imidazole rings is 1. The van der Waals surface area contributed by atoms with Gasteiger partial charge in [0.15, 0.2) is 0 Å². The van der Waals surface area contributed by atoms with Gasteiger partial charge in [0.2, 0.25) is 0 Å². The van der Waals surface area contributed by atoms with Crippen LogP contribution in [0.2, 0.25) is 0 Å². The average molecular weight is 289 g/mol. The van der Waals surface area contributed by atoms with E-state index < -0.39 is 11.5 Å². The Bertz CT molecular complexity index is 663. The molecule has 5 nitrogen and oxygen atoms in total. The number of aryl methyl sites for hydroxylation is 2. The molecule has 2 aromatic rings. The number of carbonyl (C=O) groups is 1. The Labute approximate surface area is 124 Å². The topological polar surface area (TPSA) is 81.1 Å². The van der Waals surface area contributed by atoms with Gasteiger partial charge in [0.25, 0.3) is 0 Å². The summed E-state index contributed by atoms with van der Waals surface area (Å²) in [6.45, 7) is 3.98. The third kappa shape index (κ3) is 3.08. The van der Waals surface area contributed by atoms with Crippen LogP contribution in [0.25, 0.3) is 11.0 Å². The molecule has 1 aromatic heterocycles. The normalized spacial score (nSPS) is 14.3. The monoisotopic (exact) mass is 289 g/mol. The van der Waals surface area contributed by atoms with E-state index in [0.717, 1.165) is 35.3 Å². The molecule has 21 heavy (non-hydrogen) atoms. The summed E-state index contributed by atoms with van der Waals surface area (Å²) in [6.07, 6.45) is 2.56. The van der Waals surface area contributed by atoms with Crippen molar-refractivity contribution in [1.29, 1.82) is 0 Å². The Morgan fingerprint density at radius 3 is 2.81 bits per heavy atom. The van der Waals surface area contributed by atoms with Crippen LogP contribution in [0.5, 0.6) is 0 Å². The number of carboxylic acid groups (broad SMARTS) is 1. The maximum atomic E-state index is 11.5. The second-order valence-corrected chi connectivity index (χ2v) is 5.78. The summed E-state index contributed by atoms with van der Waals surface area (Å²) < 4.78 is 2.02. The zero-order chi connectivity index (χ0) is 15.6. The summed E-state index contributed by atoms with van der Waals surface area (Å²) in [6, 6.07) is 5.87. The van der Waals surface area contributed by atoms with Gasteiger partial charge in [-0.2, -0.15) is 0 Å². The van der Waals surface area contributed by atoms with E-state index in [1.165, 1.54) is 0 Å². The van der Waals surface area contributed by atoms with Crippen molar-refractivity contribution in [2.75, 3.05) is 0 Å². The van der Waals surface area contributed by atoms with Gasteiger partial charge < -0.3 is 15.4 Å². The number of hydrogen-bond donors (Lipinski definition) is 2. The number of unbranched alkanes of at least 4 members (excludes halogenated alkanes) is 1. The molecular weight excluding hydrogens is 266 g/mol. The molecule has 0 saturated carbocycles. The molecule has 0 saturated heterocycles. The van der Waals surface area contributed by atoms with E-state index in [0.29, 0.717) is 12.8 Å². The number of rotatable bonds is 6. The molecule has 0 bridgehead atoms. The van der Waals surface area contributed by atoms with Gasteiger partial charge in [-0.05, 0) is 31.0 Å². The Hall–Kier alpha value is -1.88. The number of nitrogens with zero attached hydrogens (tertiary/aromatic N) is 2. The molecule has 2 rings (SSSR count). The first kappa shape index (κ1) is 15.5. The summed E-state index contributed by atoms with van der Waals surface area (Å²) in [5.41, 5.74) is 7.76. The lowest BCUT2D eigenvalue weighted by molar-refractivity contribution is -0.143. The molecule has 3 N–H and O–H groups in total. The van der Waals surface area contributed by atoms with E-state index in [1.54, 1.807) is 0 Å². The molecule has 5 heteroatoms. The van der Waals surface area contributed by atoms with Crippen molar-refractivity contribution in [3.8, 4) is 0 Å². The zero-order valence-electron chi connectivity index (χ0n) is 12.9. The highest BCUT2D eigenvalue weighted by atomic mass is 16.4. The van der Waals surface area contributed by atoms with Crippen molar-refractivity contribution in [3.63, 3.8) is 0 Å². The number of aliphatic carboxylic acids is 1. The van der Waals surface area contributed by atoms with Crippen molar-refractivity contribution >= 4 is 17.0 Å². The van der Waals surface area contributed by atoms with Crippen LogP contribution in [0.3, 0.4) is 0 Å². The highest BCUT2D eigenvalue weighted by Gasteiger charge is 2.33. The minimum absolute atomic E-state index is 0.327. The lowest BCUT2D eigenvalue weighted by Gasteiger charge is -2.24. The fourth-order valence-electron chi connectivity index (χ4n) is 2.60. The number of carboxylic acids is 1. The van der Waals surface area contributed by atoms with E-state index in [1.807, 2.05) is 43.7 Å². The molecule has 0 amide bonds. The average Bonchev–Trinajstić information content (AvgIpc) is 2.71. The molecule has 0 fully saturated rings. The van der Waals surface area contributed by atoms with E-state index in [4.69, 9.17) is 5.73 Å². The molecule has 0 aliphatic rings. The Morgan fingerprint density at radius 1 is 1.48 bits per heavy atom. The first-order valence-electron chi connectivity index (χ1n) is 7.31. The second-order valence-electron chi connectivity index (χ2n) is 5.78. The van der Waals surface area contributed by atoms with Crippen LogP contribution < -0.4 is 5.73 Å². The summed E-state index contributed by atoms with van der Waals surface area (Å²) >= 11 is 0. The molecule has 0 radical (unpaired) electrons. The van der Waals surface area contributed by atoms with Crippen LogP contribution in [-0.4, -0.2) is 26.2 Å². The van der Waals surface area contributed by atoms with Crippen LogP contribution in [0, 0.1) is 6.92 Å². The Kier molecular flexibility index (Phi) is 4.32. The number of fused-ring (bicyclic) bond motifs is 1. The van der Waals surface area contributed by atoms with Crippen molar-refractivity contribution in [3.05, 3.63) is 29.6 Å². The molecule has 0 aliphatic heterocycles. The third-order valence-corrected chi connectivity index (χ3v) is 4.09. The van der Waals surface area contributed by atoms with Crippen LogP contribution in [0.15, 0.2) is 18.2 Å². The van der Waals surface area contributed by atoms with Gasteiger partial charge in [-0.1, -0.05) is 25.8 Å². The summed E-state index contributed by atoms with van der Waals surface area (Å²) in [4.78, 5) is 16.0. The van der Waals surface area contributed by atoms with Gasteiger partial charge in [0.05, 0.1) is 11.0 Å². The molecule has 114 valence electrons. The predicted molar refractivity (Wildman–Crippen MR) is 83.2 cm³/mol. The summed E-state index contributed by atoms with van der Waals surface area (Å²) in [5, 5.41) is 9.44. The van der Waals surface area contributed by atoms with E-state index in [-0.39, 0.29) is 0 Å². The largest absolute Gasteiger partial charge is 0.480 e. The maximum Gasteiger partial charge on any atom is 0.324 e. The van der Waals surface area contributed by atoms with E-state index >= 15 is 0 Å². The highest BCUT2D eigenvalue weighted by Crippen LogP contribution is 2.22. The molecular formula is C16H23N3O2. The lowest BCUT2D eigenvalue weighted by atomic mass is 9.87. The number of aromatic nitrogens is 2. The molecule has 1 unspecified atom stereocenters. The number of benzene rings is 1. The highest BCUT2D eigenvalue weighted by molar-refractivity contribution is 5.80. The third-order valence-electron chi connectivity index (χ3n) is 4.09. The predicted octanol–water partition coefficient (Wildman–Crippen LogP) is 2.40. The second kappa shape index (κ2) is 5.85. The molecule has 1 aromatic carbocycles. The molecule has 1 heterocycles. The molecule has 0 aliphatic carbocycles. The van der Waals surface area contributed by atoms with Crippen molar-refractivity contribution in [2.45, 2.75) is 45.1 Å². The quantitative estimate of drug-likeness (QED) is 0.855. The first-order valence-corrected chi connectivity index (χ1v) is 7.31. The molecule has 1 atom stereocenters. The zero-order valence-corrected chi connectivity index (χ0v) is 12.9. The van der Waals surface area contributed by atoms with E-state index in [9.17, 15) is 9.90 Å². The van der Waals surface area contributed by atoms with Gasteiger partial charge in [0, 0.05) is 13.5 Å². The number of nitrogens with two attached hydrogens (primary N) is 1. The Balaban J connectivity index is 2.30. The van der Waals surface area contributed by atoms with Crippen LogP contribution in [0.4, 0.5) is 0 Å². The van der Waals surface area contributed by atoms with Gasteiger partial charge in [-0.15, -0.1) is 0 Å². The van der Waals surface area contributed by atoms with Crippen LogP contribution in [0.1, 0.15) is 37.6 Å². The van der Waals surface area contributed by atoms with E-state index in [2.05, 4.69) is 4.98 Å². The van der Waals surface area contributed by atoms with Crippen molar-refractivity contribution in [1.82, 2.24) is 9.55 Å². The summed E-state index contributed by atoms with van der Waals surface area (Å²) in [7, 11) is 1.97. The number of hydrogen-bond acceptors (Lipinski definition) is 3. The fraction of sp³-hybridized carbons (Fsp3) is 0.500.